The molecule has 0 fully saturated rings. The number of amides is 1. The van der Waals surface area contributed by atoms with E-state index in [1.165, 1.54) is 0 Å². The molecule has 0 radical (unpaired) electrons. The van der Waals surface area contributed by atoms with Crippen molar-refractivity contribution in [3.8, 4) is 0 Å². The van der Waals surface area contributed by atoms with Gasteiger partial charge in [0.2, 0.25) is 5.91 Å². The van der Waals surface area contributed by atoms with E-state index in [4.69, 9.17) is 10.8 Å². The molecule has 5 nitrogen and oxygen atoms in total. The summed E-state index contributed by atoms with van der Waals surface area (Å²) in [5.41, 5.74) is 5.78. The number of hydrogen-bond donors (Lipinski definition) is 3. The summed E-state index contributed by atoms with van der Waals surface area (Å²) in [7, 11) is 0. The van der Waals surface area contributed by atoms with E-state index in [-0.39, 0.29) is 5.91 Å². The van der Waals surface area contributed by atoms with Crippen LogP contribution in [0, 0.1) is 0 Å². The van der Waals surface area contributed by atoms with E-state index in [2.05, 4.69) is 11.9 Å². The van der Waals surface area contributed by atoms with Gasteiger partial charge in [0.15, 0.2) is 0 Å². The molecule has 0 aromatic heterocycles. The molecule has 0 aromatic carbocycles. The van der Waals surface area contributed by atoms with Gasteiger partial charge in [0.05, 0.1) is 0 Å². The lowest BCUT2D eigenvalue weighted by molar-refractivity contribution is -0.138. The van der Waals surface area contributed by atoms with Gasteiger partial charge in [-0.15, -0.1) is 0 Å². The Bertz CT molecular complexity index is 251. The Hall–Kier alpha value is -1.36. The van der Waals surface area contributed by atoms with E-state index in [9.17, 15) is 9.59 Å². The Morgan fingerprint density at radius 1 is 1.47 bits per heavy atom. The van der Waals surface area contributed by atoms with Gasteiger partial charge in [-0.05, 0) is 26.2 Å². The number of carbonyl (C=O) groups is 2. The number of unbranched alkanes of at least 4 members (excludes halogenated alkanes) is 1. The first-order valence-electron chi connectivity index (χ1n) is 4.87. The van der Waals surface area contributed by atoms with Crippen LogP contribution in [-0.4, -0.2) is 29.6 Å². The molecule has 1 amide bonds. The van der Waals surface area contributed by atoms with Crippen molar-refractivity contribution >= 4 is 11.9 Å². The molecule has 0 heterocycles. The van der Waals surface area contributed by atoms with Crippen LogP contribution in [0.4, 0.5) is 0 Å². The highest BCUT2D eigenvalue weighted by atomic mass is 16.4. The second kappa shape index (κ2) is 7.00. The van der Waals surface area contributed by atoms with Crippen molar-refractivity contribution in [3.63, 3.8) is 0 Å². The van der Waals surface area contributed by atoms with Gasteiger partial charge in [-0.25, -0.2) is 0 Å². The van der Waals surface area contributed by atoms with Gasteiger partial charge >= 0.3 is 5.97 Å². The quantitative estimate of drug-likeness (QED) is 0.418. The molecular weight excluding hydrogens is 196 g/mol. The van der Waals surface area contributed by atoms with Gasteiger partial charge < -0.3 is 16.2 Å². The molecule has 0 spiro atoms. The van der Waals surface area contributed by atoms with E-state index in [0.717, 1.165) is 6.42 Å². The van der Waals surface area contributed by atoms with Crippen molar-refractivity contribution in [2.45, 2.75) is 32.2 Å². The van der Waals surface area contributed by atoms with Crippen LogP contribution >= 0.6 is 0 Å². The minimum atomic E-state index is -0.985. The molecule has 0 bridgehead atoms. The van der Waals surface area contributed by atoms with Gasteiger partial charge in [0.25, 0.3) is 0 Å². The first-order chi connectivity index (χ1) is 6.95. The van der Waals surface area contributed by atoms with Crippen LogP contribution in [0.5, 0.6) is 0 Å². The fourth-order valence-corrected chi connectivity index (χ4v) is 0.966. The van der Waals surface area contributed by atoms with Crippen LogP contribution in [0.25, 0.3) is 0 Å². The van der Waals surface area contributed by atoms with E-state index >= 15 is 0 Å². The summed E-state index contributed by atoms with van der Waals surface area (Å²) < 4.78 is 0. The number of aliphatic carboxylic acids is 1. The lowest BCUT2D eigenvalue weighted by Gasteiger charge is -2.06. The minimum absolute atomic E-state index is 0.169. The van der Waals surface area contributed by atoms with E-state index in [1.807, 2.05) is 0 Å². The third-order valence-corrected chi connectivity index (χ3v) is 1.93. The standard InChI is InChI=1S/C10H18N2O3/c1-7(2)9(13)12-6-4-3-5-8(11)10(14)15/h8H,1,3-6,11H2,2H3,(H,12,13)(H,14,15)/t8-/m0/s1. The topological polar surface area (TPSA) is 92.4 Å². The monoisotopic (exact) mass is 214 g/mol. The third-order valence-electron chi connectivity index (χ3n) is 1.93. The highest BCUT2D eigenvalue weighted by Crippen LogP contribution is 1.98. The molecule has 0 unspecified atom stereocenters. The number of carboxylic acids is 1. The van der Waals surface area contributed by atoms with Gasteiger partial charge in [-0.2, -0.15) is 0 Å². The normalized spacial score (nSPS) is 11.9. The van der Waals surface area contributed by atoms with E-state index in [0.29, 0.717) is 25.0 Å². The van der Waals surface area contributed by atoms with E-state index in [1.54, 1.807) is 6.92 Å². The molecule has 0 aliphatic carbocycles. The molecule has 1 atom stereocenters. The molecule has 0 aliphatic rings. The Morgan fingerprint density at radius 3 is 2.53 bits per heavy atom. The Labute approximate surface area is 89.3 Å². The van der Waals surface area contributed by atoms with Crippen molar-refractivity contribution in [2.24, 2.45) is 5.73 Å². The fraction of sp³-hybridized carbons (Fsp3) is 0.600. The highest BCUT2D eigenvalue weighted by molar-refractivity contribution is 5.91. The van der Waals surface area contributed by atoms with Crippen molar-refractivity contribution in [3.05, 3.63) is 12.2 Å². The maximum atomic E-state index is 11.0. The van der Waals surface area contributed by atoms with Crippen LogP contribution < -0.4 is 11.1 Å². The summed E-state index contributed by atoms with van der Waals surface area (Å²) >= 11 is 0. The predicted molar refractivity (Wildman–Crippen MR) is 57.3 cm³/mol. The highest BCUT2D eigenvalue weighted by Gasteiger charge is 2.10. The first-order valence-corrected chi connectivity index (χ1v) is 4.87. The number of nitrogens with two attached hydrogens (primary N) is 1. The Balaban J connectivity index is 3.44. The van der Waals surface area contributed by atoms with Crippen LogP contribution in [-0.2, 0) is 9.59 Å². The van der Waals surface area contributed by atoms with Gasteiger partial charge in [0, 0.05) is 12.1 Å². The molecule has 0 aliphatic heterocycles. The lowest BCUT2D eigenvalue weighted by Crippen LogP contribution is -2.30. The summed E-state index contributed by atoms with van der Waals surface area (Å²) in [4.78, 5) is 21.4. The zero-order valence-corrected chi connectivity index (χ0v) is 8.95. The van der Waals surface area contributed by atoms with Crippen molar-refractivity contribution in [1.82, 2.24) is 5.32 Å². The lowest BCUT2D eigenvalue weighted by atomic mass is 10.1. The smallest absolute Gasteiger partial charge is 0.320 e. The Kier molecular flexibility index (Phi) is 6.37. The Morgan fingerprint density at radius 2 is 2.07 bits per heavy atom. The average Bonchev–Trinajstić information content (AvgIpc) is 2.16. The molecule has 0 rings (SSSR count). The molecule has 0 saturated carbocycles. The molecule has 86 valence electrons. The average molecular weight is 214 g/mol. The third kappa shape index (κ3) is 6.68. The molecule has 4 N–H and O–H groups in total. The minimum Gasteiger partial charge on any atom is -0.480 e. The van der Waals surface area contributed by atoms with Gasteiger partial charge in [0.1, 0.15) is 6.04 Å². The summed E-state index contributed by atoms with van der Waals surface area (Å²) in [6.45, 7) is 5.66. The number of carbonyl (C=O) groups excluding carboxylic acids is 1. The van der Waals surface area contributed by atoms with Crippen LogP contribution in [0.3, 0.4) is 0 Å². The molecule has 15 heavy (non-hydrogen) atoms. The first kappa shape index (κ1) is 13.6. The number of hydrogen-bond acceptors (Lipinski definition) is 3. The number of nitrogens with one attached hydrogen (secondary N) is 1. The van der Waals surface area contributed by atoms with Crippen LogP contribution in [0.1, 0.15) is 26.2 Å². The molecule has 5 heteroatoms. The van der Waals surface area contributed by atoms with Crippen LogP contribution in [0.2, 0.25) is 0 Å². The fourth-order valence-electron chi connectivity index (χ4n) is 0.966. The summed E-state index contributed by atoms with van der Waals surface area (Å²) in [6.07, 6.45) is 1.84. The maximum absolute atomic E-state index is 11.0. The molecule has 0 aromatic rings. The maximum Gasteiger partial charge on any atom is 0.320 e. The van der Waals surface area contributed by atoms with Gasteiger partial charge in [-0.1, -0.05) is 6.58 Å². The molecule has 0 saturated heterocycles. The second-order valence-electron chi connectivity index (χ2n) is 3.48. The van der Waals surface area contributed by atoms with Crippen molar-refractivity contribution in [2.75, 3.05) is 6.54 Å². The SMILES string of the molecule is C=C(C)C(=O)NCCCC[C@H](N)C(=O)O. The van der Waals surface area contributed by atoms with Gasteiger partial charge in [-0.3, -0.25) is 9.59 Å². The number of carboxylic acid groups (broad SMARTS) is 1. The van der Waals surface area contributed by atoms with Crippen molar-refractivity contribution in [1.29, 1.82) is 0 Å². The largest absolute Gasteiger partial charge is 0.480 e. The summed E-state index contributed by atoms with van der Waals surface area (Å²) in [5.74, 6) is -1.15. The molecular formula is C10H18N2O3. The second-order valence-corrected chi connectivity index (χ2v) is 3.48. The zero-order chi connectivity index (χ0) is 11.8. The number of rotatable bonds is 7. The van der Waals surface area contributed by atoms with Crippen molar-refractivity contribution < 1.29 is 14.7 Å². The zero-order valence-electron chi connectivity index (χ0n) is 8.95. The predicted octanol–water partition coefficient (Wildman–Crippen LogP) is 0.261. The van der Waals surface area contributed by atoms with E-state index < -0.39 is 12.0 Å². The summed E-state index contributed by atoms with van der Waals surface area (Å²) in [5, 5.41) is 11.2. The van der Waals surface area contributed by atoms with Crippen LogP contribution in [0.15, 0.2) is 12.2 Å². The summed E-state index contributed by atoms with van der Waals surface area (Å²) in [6, 6.07) is -0.804.